The van der Waals surface area contributed by atoms with Gasteiger partial charge in [-0.05, 0) is 6.92 Å². The molecule has 2 nitrogen and oxygen atoms in total. The van der Waals surface area contributed by atoms with Crippen molar-refractivity contribution in [3.63, 3.8) is 0 Å². The Morgan fingerprint density at radius 3 is 1.60 bits per heavy atom. The fourth-order valence-electron chi connectivity index (χ4n) is 0. The molecule has 0 aliphatic heterocycles. The van der Waals surface area contributed by atoms with Crippen molar-refractivity contribution in [2.24, 2.45) is 0 Å². The molecule has 0 rings (SSSR count). The molecule has 3 heteroatoms. The second kappa shape index (κ2) is 20.5. The minimum atomic E-state index is 0. The summed E-state index contributed by atoms with van der Waals surface area (Å²) < 4.78 is 0. The Hall–Kier alpha value is 0.920. The Labute approximate surface area is 53.8 Å². The molecule has 0 radical (unpaired) electrons. The van der Waals surface area contributed by atoms with Crippen molar-refractivity contribution in [2.45, 2.75) is 6.92 Å². The minimum Gasteiger partial charge on any atom is -0.870 e. The molecule has 0 aromatic heterocycles. The first-order valence-electron chi connectivity index (χ1n) is 1.02. The molecule has 0 atom stereocenters. The summed E-state index contributed by atoms with van der Waals surface area (Å²) in [5, 5.41) is 7.57. The van der Waals surface area contributed by atoms with E-state index >= 15 is 0 Å². The van der Waals surface area contributed by atoms with Crippen LogP contribution in [-0.4, -0.2) is 17.2 Å². The molecule has 0 aromatic carbocycles. The number of hydrogen-bond acceptors (Lipinski definition) is 2. The monoisotopic (exact) mass is 86.0 g/mol. The van der Waals surface area contributed by atoms with Crippen molar-refractivity contribution in [3.8, 4) is 0 Å². The molecular formula is C2H7NaO2. The summed E-state index contributed by atoms with van der Waals surface area (Å²) in [6.07, 6.45) is 0. The number of aliphatic hydroxyl groups is 1. The topological polar surface area (TPSA) is 50.2 Å². The van der Waals surface area contributed by atoms with Crippen molar-refractivity contribution in [1.29, 1.82) is 0 Å². The Morgan fingerprint density at radius 1 is 1.60 bits per heavy atom. The van der Waals surface area contributed by atoms with Crippen LogP contribution in [0.1, 0.15) is 6.92 Å². The van der Waals surface area contributed by atoms with E-state index in [1.54, 1.807) is 6.92 Å². The van der Waals surface area contributed by atoms with Crippen molar-refractivity contribution in [1.82, 2.24) is 0 Å². The third-order valence-electron chi connectivity index (χ3n) is 0. The van der Waals surface area contributed by atoms with Crippen LogP contribution in [-0.2, 0) is 0 Å². The molecule has 2 N–H and O–H groups in total. The first kappa shape index (κ1) is 16.8. The second-order valence-electron chi connectivity index (χ2n) is 0.316. The smallest absolute Gasteiger partial charge is 0.870 e. The molecule has 0 bridgehead atoms. The number of hydrogen-bond donors (Lipinski definition) is 1. The molecule has 0 spiro atoms. The van der Waals surface area contributed by atoms with Gasteiger partial charge in [-0.15, -0.1) is 0 Å². The maximum atomic E-state index is 7.57. The zero-order valence-electron chi connectivity index (χ0n) is 3.60. The predicted molar refractivity (Wildman–Crippen MR) is 14.7 cm³/mol. The summed E-state index contributed by atoms with van der Waals surface area (Å²) in [6.45, 7) is 1.93. The van der Waals surface area contributed by atoms with Crippen molar-refractivity contribution < 1.29 is 40.1 Å². The van der Waals surface area contributed by atoms with Crippen molar-refractivity contribution in [3.05, 3.63) is 0 Å². The van der Waals surface area contributed by atoms with Gasteiger partial charge in [-0.1, -0.05) is 0 Å². The van der Waals surface area contributed by atoms with E-state index in [-0.39, 0.29) is 41.6 Å². The molecule has 0 aromatic rings. The van der Waals surface area contributed by atoms with Crippen LogP contribution >= 0.6 is 0 Å². The molecule has 0 fully saturated rings. The van der Waals surface area contributed by atoms with Gasteiger partial charge in [0.15, 0.2) is 0 Å². The van der Waals surface area contributed by atoms with Gasteiger partial charge < -0.3 is 10.6 Å². The Kier molecular flexibility index (Phi) is 68.9. The maximum absolute atomic E-state index is 7.57. The minimum absolute atomic E-state index is 0. The fraction of sp³-hybridized carbons (Fsp3) is 1.00. The van der Waals surface area contributed by atoms with Crippen LogP contribution in [0.4, 0.5) is 0 Å². The van der Waals surface area contributed by atoms with E-state index in [4.69, 9.17) is 5.11 Å². The van der Waals surface area contributed by atoms with E-state index in [2.05, 4.69) is 0 Å². The Morgan fingerprint density at radius 2 is 1.60 bits per heavy atom. The Balaban J connectivity index is -0.0000000200. The Bertz CT molecular complexity index is 7.61. The quantitative estimate of drug-likeness (QED) is 0.316. The SMILES string of the molecule is CCO.[Na+].[OH-]. The molecule has 0 unspecified atom stereocenters. The first-order chi connectivity index (χ1) is 1.41. The molecular weight excluding hydrogens is 79.0 g/mol. The second-order valence-corrected chi connectivity index (χ2v) is 0.316. The fourth-order valence-corrected chi connectivity index (χ4v) is 0. The van der Waals surface area contributed by atoms with Gasteiger partial charge in [0.25, 0.3) is 0 Å². The normalized spacial score (nSPS) is 3.60. The zero-order chi connectivity index (χ0) is 2.71. The van der Waals surface area contributed by atoms with E-state index in [9.17, 15) is 0 Å². The van der Waals surface area contributed by atoms with Crippen LogP contribution in [0, 0.1) is 0 Å². The van der Waals surface area contributed by atoms with Crippen LogP contribution in [0.3, 0.4) is 0 Å². The van der Waals surface area contributed by atoms with Crippen LogP contribution in [0.15, 0.2) is 0 Å². The van der Waals surface area contributed by atoms with Gasteiger partial charge in [0, 0.05) is 6.61 Å². The number of rotatable bonds is 0. The maximum Gasteiger partial charge on any atom is 1.00 e. The predicted octanol–water partition coefficient (Wildman–Crippen LogP) is -3.17. The van der Waals surface area contributed by atoms with Gasteiger partial charge in [-0.3, -0.25) is 0 Å². The van der Waals surface area contributed by atoms with E-state index in [1.807, 2.05) is 0 Å². The molecule has 0 aliphatic carbocycles. The molecule has 28 valence electrons. The molecule has 5 heavy (non-hydrogen) atoms. The zero-order valence-corrected chi connectivity index (χ0v) is 5.60. The van der Waals surface area contributed by atoms with Gasteiger partial charge in [-0.25, -0.2) is 0 Å². The summed E-state index contributed by atoms with van der Waals surface area (Å²) in [4.78, 5) is 0. The largest absolute Gasteiger partial charge is 1.00 e. The average molecular weight is 86.1 g/mol. The third kappa shape index (κ3) is 49.6. The van der Waals surface area contributed by atoms with E-state index in [0.717, 1.165) is 0 Å². The van der Waals surface area contributed by atoms with Gasteiger partial charge in [0.2, 0.25) is 0 Å². The van der Waals surface area contributed by atoms with Crippen LogP contribution in [0.2, 0.25) is 0 Å². The summed E-state index contributed by atoms with van der Waals surface area (Å²) in [7, 11) is 0. The molecule has 0 heterocycles. The molecule has 0 saturated carbocycles. The molecule has 0 amide bonds. The van der Waals surface area contributed by atoms with Gasteiger partial charge >= 0.3 is 29.6 Å². The molecule has 0 saturated heterocycles. The standard InChI is InChI=1S/C2H6O.Na.H2O/c1-2-3;;/h3H,2H2,1H3;;1H2/q;+1;/p-1. The van der Waals surface area contributed by atoms with Crippen molar-refractivity contribution in [2.75, 3.05) is 6.61 Å². The van der Waals surface area contributed by atoms with Crippen LogP contribution in [0.5, 0.6) is 0 Å². The summed E-state index contributed by atoms with van der Waals surface area (Å²) in [5.41, 5.74) is 0. The van der Waals surface area contributed by atoms with Gasteiger partial charge in [0.1, 0.15) is 0 Å². The van der Waals surface area contributed by atoms with Crippen LogP contribution in [0.25, 0.3) is 0 Å². The summed E-state index contributed by atoms with van der Waals surface area (Å²) in [5.74, 6) is 0. The molecule has 0 aliphatic rings. The number of aliphatic hydroxyl groups excluding tert-OH is 1. The average Bonchev–Trinajstić information content (AvgIpc) is 0.918. The van der Waals surface area contributed by atoms with Crippen LogP contribution < -0.4 is 29.6 Å². The van der Waals surface area contributed by atoms with Gasteiger partial charge in [-0.2, -0.15) is 0 Å². The van der Waals surface area contributed by atoms with Gasteiger partial charge in [0.05, 0.1) is 0 Å². The summed E-state index contributed by atoms with van der Waals surface area (Å²) >= 11 is 0. The van der Waals surface area contributed by atoms with E-state index in [0.29, 0.717) is 0 Å². The van der Waals surface area contributed by atoms with Crippen molar-refractivity contribution >= 4 is 0 Å². The van der Waals surface area contributed by atoms with E-state index in [1.165, 1.54) is 0 Å². The van der Waals surface area contributed by atoms with E-state index < -0.39 is 0 Å². The third-order valence-corrected chi connectivity index (χ3v) is 0. The summed E-state index contributed by atoms with van der Waals surface area (Å²) in [6, 6.07) is 0. The first-order valence-corrected chi connectivity index (χ1v) is 1.02.